The van der Waals surface area contributed by atoms with Gasteiger partial charge in [-0.15, -0.1) is 11.3 Å². The van der Waals surface area contributed by atoms with Crippen LogP contribution in [0, 0.1) is 0 Å². The third-order valence-corrected chi connectivity index (χ3v) is 5.78. The molecule has 2 amide bonds. The van der Waals surface area contributed by atoms with Gasteiger partial charge < -0.3 is 24.8 Å². The smallest absolute Gasteiger partial charge is 0.308 e. The van der Waals surface area contributed by atoms with Crippen molar-refractivity contribution < 1.29 is 28.6 Å². The third-order valence-electron chi connectivity index (χ3n) is 4.91. The zero-order valence-electron chi connectivity index (χ0n) is 16.3. The predicted octanol–water partition coefficient (Wildman–Crippen LogP) is 3.09. The largest absolute Gasteiger partial charge is 0.456 e. The van der Waals surface area contributed by atoms with Crippen LogP contribution in [0.3, 0.4) is 0 Å². The number of carbonyl (C=O) groups is 3. The number of nitrogens with one attached hydrogen (secondary N) is 2. The molecule has 1 fully saturated rings. The second kappa shape index (κ2) is 8.74. The number of thiophene rings is 1. The first-order valence-corrected chi connectivity index (χ1v) is 10.7. The molecule has 0 unspecified atom stereocenters. The normalized spacial score (nSPS) is 15.7. The molecule has 2 N–H and O–H groups in total. The quantitative estimate of drug-likeness (QED) is 0.655. The fourth-order valence-corrected chi connectivity index (χ4v) is 4.12. The van der Waals surface area contributed by atoms with E-state index in [4.69, 9.17) is 14.2 Å². The summed E-state index contributed by atoms with van der Waals surface area (Å²) in [6.07, 6.45) is 3.83. The van der Waals surface area contributed by atoms with E-state index in [1.165, 1.54) is 11.3 Å². The van der Waals surface area contributed by atoms with Crippen LogP contribution in [-0.4, -0.2) is 36.7 Å². The lowest BCUT2D eigenvalue weighted by atomic mass is 10.2. The van der Waals surface area contributed by atoms with Crippen LogP contribution in [0.25, 0.3) is 0 Å². The highest BCUT2D eigenvalue weighted by Crippen LogP contribution is 2.47. The average molecular weight is 430 g/mol. The van der Waals surface area contributed by atoms with Gasteiger partial charge in [-0.05, 0) is 36.4 Å². The molecule has 2 aliphatic rings. The summed E-state index contributed by atoms with van der Waals surface area (Å²) in [5.41, 5.74) is 0.539. The molecular weight excluding hydrogens is 408 g/mol. The lowest BCUT2D eigenvalue weighted by molar-refractivity contribution is -0.147. The summed E-state index contributed by atoms with van der Waals surface area (Å²) in [5.74, 6) is -0.540. The number of anilines is 1. The SMILES string of the molecule is O=C(COC(=O)CCNC(=O)c1cccs1)Nc1ccc2c(c1)OC1(CCCC1)O2. The molecule has 1 aromatic carbocycles. The van der Waals surface area contributed by atoms with E-state index < -0.39 is 24.3 Å². The number of ether oxygens (including phenoxy) is 3. The molecule has 0 radical (unpaired) electrons. The molecule has 1 aliphatic carbocycles. The summed E-state index contributed by atoms with van der Waals surface area (Å²) in [5, 5.41) is 7.11. The molecule has 2 aromatic rings. The van der Waals surface area contributed by atoms with Crippen LogP contribution < -0.4 is 20.1 Å². The van der Waals surface area contributed by atoms with Gasteiger partial charge in [0.05, 0.1) is 11.3 Å². The maximum atomic E-state index is 12.1. The zero-order valence-corrected chi connectivity index (χ0v) is 17.1. The Kier molecular flexibility index (Phi) is 5.89. The van der Waals surface area contributed by atoms with Crippen LogP contribution >= 0.6 is 11.3 Å². The topological polar surface area (TPSA) is 103 Å². The van der Waals surface area contributed by atoms with Crippen LogP contribution in [0.2, 0.25) is 0 Å². The van der Waals surface area contributed by atoms with E-state index in [1.807, 2.05) is 0 Å². The summed E-state index contributed by atoms with van der Waals surface area (Å²) in [6.45, 7) is -0.267. The van der Waals surface area contributed by atoms with Crippen LogP contribution in [0.15, 0.2) is 35.7 Å². The van der Waals surface area contributed by atoms with Crippen molar-refractivity contribution in [1.29, 1.82) is 0 Å². The molecule has 1 aromatic heterocycles. The molecule has 158 valence electrons. The van der Waals surface area contributed by atoms with E-state index in [0.717, 1.165) is 25.7 Å². The summed E-state index contributed by atoms with van der Waals surface area (Å²) < 4.78 is 16.9. The number of carbonyl (C=O) groups excluding carboxylic acids is 3. The molecule has 1 saturated carbocycles. The summed E-state index contributed by atoms with van der Waals surface area (Å²) >= 11 is 1.32. The molecular formula is C21H22N2O6S. The molecule has 8 nitrogen and oxygen atoms in total. The molecule has 0 saturated heterocycles. The second-order valence-electron chi connectivity index (χ2n) is 7.18. The van der Waals surface area contributed by atoms with Gasteiger partial charge in [0.2, 0.25) is 0 Å². The van der Waals surface area contributed by atoms with Crippen LogP contribution in [-0.2, 0) is 14.3 Å². The van der Waals surface area contributed by atoms with E-state index in [1.54, 1.807) is 35.7 Å². The van der Waals surface area contributed by atoms with Gasteiger partial charge in [-0.25, -0.2) is 0 Å². The van der Waals surface area contributed by atoms with Gasteiger partial charge in [-0.1, -0.05) is 6.07 Å². The Labute approximate surface area is 177 Å². The van der Waals surface area contributed by atoms with Crippen molar-refractivity contribution in [2.24, 2.45) is 0 Å². The van der Waals surface area contributed by atoms with Gasteiger partial charge in [-0.3, -0.25) is 14.4 Å². The van der Waals surface area contributed by atoms with Gasteiger partial charge >= 0.3 is 5.97 Å². The first kappa shape index (κ1) is 20.2. The molecule has 4 rings (SSSR count). The number of benzene rings is 1. The van der Waals surface area contributed by atoms with Crippen molar-refractivity contribution in [3.8, 4) is 11.5 Å². The number of rotatable bonds is 7. The third kappa shape index (κ3) is 4.73. The van der Waals surface area contributed by atoms with Crippen LogP contribution in [0.1, 0.15) is 41.8 Å². The van der Waals surface area contributed by atoms with Crippen molar-refractivity contribution in [2.45, 2.75) is 37.9 Å². The first-order chi connectivity index (χ1) is 14.5. The molecule has 1 aliphatic heterocycles. The van der Waals surface area contributed by atoms with Gasteiger partial charge in [0.25, 0.3) is 17.6 Å². The van der Waals surface area contributed by atoms with E-state index in [9.17, 15) is 14.4 Å². The van der Waals surface area contributed by atoms with Gasteiger partial charge in [0.15, 0.2) is 18.1 Å². The fourth-order valence-electron chi connectivity index (χ4n) is 3.48. The van der Waals surface area contributed by atoms with E-state index in [0.29, 0.717) is 22.1 Å². The first-order valence-electron chi connectivity index (χ1n) is 9.82. The average Bonchev–Trinajstić information content (AvgIpc) is 3.47. The fraction of sp³-hybridized carbons (Fsp3) is 0.381. The molecule has 1 spiro atoms. The van der Waals surface area contributed by atoms with Gasteiger partial charge in [-0.2, -0.15) is 0 Å². The van der Waals surface area contributed by atoms with Crippen LogP contribution in [0.4, 0.5) is 5.69 Å². The number of fused-ring (bicyclic) bond motifs is 1. The Morgan fingerprint density at radius 3 is 2.67 bits per heavy atom. The molecule has 30 heavy (non-hydrogen) atoms. The maximum Gasteiger partial charge on any atom is 0.308 e. The number of hydrogen-bond acceptors (Lipinski definition) is 7. The Bertz CT molecular complexity index is 937. The molecule has 0 atom stereocenters. The highest BCUT2D eigenvalue weighted by molar-refractivity contribution is 7.12. The number of esters is 1. The second-order valence-corrected chi connectivity index (χ2v) is 8.12. The van der Waals surface area contributed by atoms with E-state index in [2.05, 4.69) is 10.6 Å². The minimum atomic E-state index is -0.564. The van der Waals surface area contributed by atoms with Crippen molar-refractivity contribution in [3.63, 3.8) is 0 Å². The van der Waals surface area contributed by atoms with Gasteiger partial charge in [0, 0.05) is 31.1 Å². The summed E-state index contributed by atoms with van der Waals surface area (Å²) in [7, 11) is 0. The standard InChI is InChI=1S/C21H22N2O6S/c24-18(13-27-19(25)7-10-22-20(26)17-4-3-11-30-17)23-14-5-6-15-16(12-14)29-21(28-15)8-1-2-9-21/h3-6,11-12H,1-2,7-10,13H2,(H,22,26)(H,23,24). The van der Waals surface area contributed by atoms with Crippen molar-refractivity contribution in [1.82, 2.24) is 5.32 Å². The molecule has 9 heteroatoms. The monoisotopic (exact) mass is 430 g/mol. The summed E-state index contributed by atoms with van der Waals surface area (Å²) in [4.78, 5) is 36.2. The minimum Gasteiger partial charge on any atom is -0.456 e. The maximum absolute atomic E-state index is 12.1. The Hall–Kier alpha value is -3.07. The Balaban J connectivity index is 1.18. The Morgan fingerprint density at radius 1 is 1.10 bits per heavy atom. The number of amides is 2. The number of hydrogen-bond donors (Lipinski definition) is 2. The van der Waals surface area contributed by atoms with Crippen molar-refractivity contribution >= 4 is 34.8 Å². The highest BCUT2D eigenvalue weighted by Gasteiger charge is 2.44. The highest BCUT2D eigenvalue weighted by atomic mass is 32.1. The Morgan fingerprint density at radius 2 is 1.90 bits per heavy atom. The summed E-state index contributed by atoms with van der Waals surface area (Å²) in [6, 6.07) is 8.67. The lowest BCUT2D eigenvalue weighted by Crippen LogP contribution is -2.34. The molecule has 0 bridgehead atoms. The van der Waals surface area contributed by atoms with Crippen molar-refractivity contribution in [3.05, 3.63) is 40.6 Å². The molecule has 2 heterocycles. The van der Waals surface area contributed by atoms with Gasteiger partial charge in [0.1, 0.15) is 0 Å². The lowest BCUT2D eigenvalue weighted by Gasteiger charge is -2.21. The minimum absolute atomic E-state index is 0.0174. The predicted molar refractivity (Wildman–Crippen MR) is 110 cm³/mol. The van der Waals surface area contributed by atoms with E-state index in [-0.39, 0.29) is 18.9 Å². The van der Waals surface area contributed by atoms with E-state index >= 15 is 0 Å². The van der Waals surface area contributed by atoms with Crippen LogP contribution in [0.5, 0.6) is 11.5 Å². The van der Waals surface area contributed by atoms with Crippen molar-refractivity contribution in [2.75, 3.05) is 18.5 Å². The zero-order chi connectivity index (χ0) is 21.0.